The van der Waals surface area contributed by atoms with E-state index in [4.69, 9.17) is 4.74 Å². The van der Waals surface area contributed by atoms with E-state index in [2.05, 4.69) is 4.18 Å². The lowest BCUT2D eigenvalue weighted by Gasteiger charge is -2.20. The first kappa shape index (κ1) is 19.2. The number of methoxy groups -OCH3 is 1. The summed E-state index contributed by atoms with van der Waals surface area (Å²) in [6.45, 7) is 0. The zero-order valence-electron chi connectivity index (χ0n) is 14.1. The van der Waals surface area contributed by atoms with E-state index >= 15 is 0 Å². The van der Waals surface area contributed by atoms with Gasteiger partial charge in [0.1, 0.15) is 11.2 Å². The number of para-hydroxylation sites is 1. The van der Waals surface area contributed by atoms with Crippen molar-refractivity contribution >= 4 is 16.1 Å². The second-order valence-corrected chi connectivity index (χ2v) is 7.65. The predicted octanol–water partition coefficient (Wildman–Crippen LogP) is 3.51. The quantitative estimate of drug-likeness (QED) is 0.436. The molecule has 0 unspecified atom stereocenters. The Morgan fingerprint density at radius 2 is 1.67 bits per heavy atom. The topological polar surface area (TPSA) is 69.7 Å². The van der Waals surface area contributed by atoms with Crippen molar-refractivity contribution in [1.29, 1.82) is 0 Å². The summed E-state index contributed by atoms with van der Waals surface area (Å²) in [5.41, 5.74) is -6.07. The average molecular weight is 400 g/mol. The van der Waals surface area contributed by atoms with Crippen LogP contribution in [0.1, 0.15) is 23.5 Å². The molecule has 0 heterocycles. The fourth-order valence-electron chi connectivity index (χ4n) is 3.24. The van der Waals surface area contributed by atoms with Crippen molar-refractivity contribution in [1.82, 2.24) is 0 Å². The summed E-state index contributed by atoms with van der Waals surface area (Å²) in [5, 5.41) is 0. The summed E-state index contributed by atoms with van der Waals surface area (Å²) in [6, 6.07) is 14.2. The molecule has 0 amide bonds. The molecule has 1 aliphatic carbocycles. The molecule has 1 fully saturated rings. The highest BCUT2D eigenvalue weighted by atomic mass is 32.2. The highest BCUT2D eigenvalue weighted by molar-refractivity contribution is 7.88. The second kappa shape index (κ2) is 6.56. The van der Waals surface area contributed by atoms with Crippen molar-refractivity contribution in [3.8, 4) is 5.75 Å². The molecule has 144 valence electrons. The molecular weight excluding hydrogens is 385 g/mol. The standard InChI is InChI=1S/C18H15F3O5S/c1-25-16(22)17(11-14(17)12-7-3-2-4-8-12)13-9-5-6-10-15(13)26-27(23,24)18(19,20)21/h2-10,14H,11H2,1H3/t14-,17-/m0/s1. The molecule has 3 rings (SSSR count). The second-order valence-electron chi connectivity index (χ2n) is 6.11. The van der Waals surface area contributed by atoms with Crippen LogP contribution in [0.2, 0.25) is 0 Å². The van der Waals surface area contributed by atoms with E-state index in [1.807, 2.05) is 0 Å². The van der Waals surface area contributed by atoms with E-state index in [1.54, 1.807) is 30.3 Å². The minimum absolute atomic E-state index is 0.0403. The van der Waals surface area contributed by atoms with Gasteiger partial charge in [0.25, 0.3) is 0 Å². The van der Waals surface area contributed by atoms with Crippen LogP contribution in [0.5, 0.6) is 5.75 Å². The summed E-state index contributed by atoms with van der Waals surface area (Å²) >= 11 is 0. The lowest BCUT2D eigenvalue weighted by molar-refractivity contribution is -0.143. The number of carbonyl (C=O) groups excluding carboxylic acids is 1. The van der Waals surface area contributed by atoms with Crippen LogP contribution in [0.4, 0.5) is 13.2 Å². The average Bonchev–Trinajstić information content (AvgIpc) is 3.38. The number of hydrogen-bond acceptors (Lipinski definition) is 5. The van der Waals surface area contributed by atoms with Gasteiger partial charge in [-0.2, -0.15) is 21.6 Å². The predicted molar refractivity (Wildman–Crippen MR) is 89.5 cm³/mol. The molecule has 0 spiro atoms. The minimum atomic E-state index is -5.87. The third-order valence-corrected chi connectivity index (χ3v) is 5.53. The number of ether oxygens (including phenoxy) is 1. The van der Waals surface area contributed by atoms with Gasteiger partial charge < -0.3 is 8.92 Å². The first-order chi connectivity index (χ1) is 12.6. The van der Waals surface area contributed by atoms with Crippen LogP contribution in [0, 0.1) is 0 Å². The van der Waals surface area contributed by atoms with E-state index in [9.17, 15) is 26.4 Å². The van der Waals surface area contributed by atoms with Crippen LogP contribution in [-0.2, 0) is 25.1 Å². The molecule has 0 aliphatic heterocycles. The van der Waals surface area contributed by atoms with E-state index in [0.29, 0.717) is 0 Å². The molecule has 0 aromatic heterocycles. The third-order valence-electron chi connectivity index (χ3n) is 4.56. The lowest BCUT2D eigenvalue weighted by Crippen LogP contribution is -2.30. The summed E-state index contributed by atoms with van der Waals surface area (Å²) in [7, 11) is -4.71. The Bertz CT molecular complexity index is 956. The number of rotatable bonds is 5. The highest BCUT2D eigenvalue weighted by Crippen LogP contribution is 2.63. The summed E-state index contributed by atoms with van der Waals surface area (Å²) in [5.74, 6) is -1.58. The summed E-state index contributed by atoms with van der Waals surface area (Å²) in [6.07, 6.45) is 0.260. The van der Waals surface area contributed by atoms with Crippen LogP contribution in [0.3, 0.4) is 0 Å². The van der Waals surface area contributed by atoms with Gasteiger partial charge in [-0.3, -0.25) is 4.79 Å². The molecule has 0 radical (unpaired) electrons. The van der Waals surface area contributed by atoms with Gasteiger partial charge in [0, 0.05) is 11.5 Å². The Labute approximate surface area is 153 Å². The van der Waals surface area contributed by atoms with Crippen molar-refractivity contribution in [2.75, 3.05) is 7.11 Å². The number of esters is 1. The normalized spacial score (nSPS) is 22.1. The Kier molecular flexibility index (Phi) is 4.67. The van der Waals surface area contributed by atoms with Gasteiger partial charge in [0.15, 0.2) is 0 Å². The third kappa shape index (κ3) is 3.27. The van der Waals surface area contributed by atoms with Crippen LogP contribution in [0.25, 0.3) is 0 Å². The maximum absolute atomic E-state index is 12.7. The van der Waals surface area contributed by atoms with Crippen LogP contribution in [0.15, 0.2) is 54.6 Å². The first-order valence-corrected chi connectivity index (χ1v) is 9.28. The maximum atomic E-state index is 12.7. The number of halogens is 3. The molecule has 27 heavy (non-hydrogen) atoms. The van der Waals surface area contributed by atoms with Gasteiger partial charge in [-0.1, -0.05) is 48.5 Å². The van der Waals surface area contributed by atoms with E-state index in [-0.39, 0.29) is 17.9 Å². The van der Waals surface area contributed by atoms with Crippen LogP contribution in [-0.4, -0.2) is 27.0 Å². The van der Waals surface area contributed by atoms with Gasteiger partial charge in [-0.25, -0.2) is 0 Å². The Balaban J connectivity index is 2.08. The number of hydrogen-bond donors (Lipinski definition) is 0. The Hall–Kier alpha value is -2.55. The molecule has 9 heteroatoms. The van der Waals surface area contributed by atoms with E-state index in [1.165, 1.54) is 25.3 Å². The fraction of sp³-hybridized carbons (Fsp3) is 0.278. The minimum Gasteiger partial charge on any atom is -0.468 e. The van der Waals surface area contributed by atoms with Gasteiger partial charge in [-0.05, 0) is 18.1 Å². The summed E-state index contributed by atoms with van der Waals surface area (Å²) in [4.78, 5) is 12.5. The summed E-state index contributed by atoms with van der Waals surface area (Å²) < 4.78 is 70.3. The van der Waals surface area contributed by atoms with Gasteiger partial charge in [-0.15, -0.1) is 0 Å². The molecule has 0 saturated heterocycles. The molecule has 0 N–H and O–H groups in total. The first-order valence-electron chi connectivity index (χ1n) is 7.87. The molecule has 1 saturated carbocycles. The van der Waals surface area contributed by atoms with Crippen molar-refractivity contribution < 1.29 is 35.3 Å². The zero-order chi connectivity index (χ0) is 19.9. The molecule has 0 bridgehead atoms. The van der Waals surface area contributed by atoms with Crippen molar-refractivity contribution in [3.05, 3.63) is 65.7 Å². The Morgan fingerprint density at radius 1 is 1.07 bits per heavy atom. The monoisotopic (exact) mass is 400 g/mol. The lowest BCUT2D eigenvalue weighted by atomic mass is 9.90. The molecule has 1 aliphatic rings. The largest absolute Gasteiger partial charge is 0.534 e. The molecule has 2 aromatic carbocycles. The van der Waals surface area contributed by atoms with Crippen molar-refractivity contribution in [3.63, 3.8) is 0 Å². The van der Waals surface area contributed by atoms with Crippen LogP contribution < -0.4 is 4.18 Å². The van der Waals surface area contributed by atoms with E-state index < -0.39 is 32.8 Å². The van der Waals surface area contributed by atoms with E-state index in [0.717, 1.165) is 11.6 Å². The zero-order valence-corrected chi connectivity index (χ0v) is 14.9. The van der Waals surface area contributed by atoms with Crippen LogP contribution >= 0.6 is 0 Å². The van der Waals surface area contributed by atoms with Gasteiger partial charge in [0.05, 0.1) is 7.11 Å². The number of carbonyl (C=O) groups is 1. The number of benzene rings is 2. The molecule has 2 aromatic rings. The number of alkyl halides is 3. The molecule has 2 atom stereocenters. The molecule has 5 nitrogen and oxygen atoms in total. The molecular formula is C18H15F3O5S. The SMILES string of the molecule is COC(=O)[C@]1(c2ccccc2OS(=O)(=O)C(F)(F)F)C[C@H]1c1ccccc1. The van der Waals surface area contributed by atoms with Crippen molar-refractivity contribution in [2.24, 2.45) is 0 Å². The maximum Gasteiger partial charge on any atom is 0.534 e. The van der Waals surface area contributed by atoms with Gasteiger partial charge >= 0.3 is 21.6 Å². The smallest absolute Gasteiger partial charge is 0.468 e. The highest BCUT2D eigenvalue weighted by Gasteiger charge is 2.64. The van der Waals surface area contributed by atoms with Crippen molar-refractivity contribution in [2.45, 2.75) is 23.3 Å². The van der Waals surface area contributed by atoms with Gasteiger partial charge in [0.2, 0.25) is 0 Å². The fourth-order valence-corrected chi connectivity index (χ4v) is 3.72. The Morgan fingerprint density at radius 3 is 2.26 bits per heavy atom.